The van der Waals surface area contributed by atoms with Gasteiger partial charge in [0.1, 0.15) is 0 Å². The minimum Gasteiger partial charge on any atom is -0.311 e. The largest absolute Gasteiger partial charge is 0.311 e. The maximum absolute atomic E-state index is 13.0. The molecule has 0 aliphatic carbocycles. The number of aryl methyl sites for hydroxylation is 1. The van der Waals surface area contributed by atoms with Crippen molar-refractivity contribution in [1.29, 1.82) is 0 Å². The van der Waals surface area contributed by atoms with Crippen molar-refractivity contribution in [2.75, 3.05) is 18.1 Å². The number of nitrogens with two attached hydrogens (primary N) is 1. The Morgan fingerprint density at radius 2 is 1.50 bits per heavy atom. The molecule has 0 aromatic heterocycles. The predicted octanol–water partition coefficient (Wildman–Crippen LogP) is 0.414. The highest BCUT2D eigenvalue weighted by molar-refractivity contribution is 7.96. The van der Waals surface area contributed by atoms with E-state index in [9.17, 15) is 25.3 Å². The van der Waals surface area contributed by atoms with Gasteiger partial charge in [-0.2, -0.15) is 0 Å². The van der Waals surface area contributed by atoms with E-state index < -0.39 is 46.7 Å². The van der Waals surface area contributed by atoms with Crippen LogP contribution in [-0.4, -0.2) is 54.6 Å². The highest BCUT2D eigenvalue weighted by atomic mass is 32.2. The van der Waals surface area contributed by atoms with Crippen LogP contribution in [-0.2, 0) is 36.1 Å². The van der Waals surface area contributed by atoms with Crippen molar-refractivity contribution in [3.05, 3.63) is 59.7 Å². The summed E-state index contributed by atoms with van der Waals surface area (Å²) in [6.07, 6.45) is 0.471. The van der Waals surface area contributed by atoms with E-state index in [1.165, 1.54) is 24.3 Å². The van der Waals surface area contributed by atoms with Crippen LogP contribution in [0, 0.1) is 6.92 Å². The third kappa shape index (κ3) is 5.27. The molecular weight excluding hydrogens is 448 g/mol. The molecule has 11 heteroatoms. The highest BCUT2D eigenvalue weighted by Gasteiger charge is 2.45. The van der Waals surface area contributed by atoms with Gasteiger partial charge < -0.3 is 5.32 Å². The molecule has 1 saturated heterocycles. The molecular formula is C19H24N2O6S3. The summed E-state index contributed by atoms with van der Waals surface area (Å²) in [6.45, 7) is 2.19. The van der Waals surface area contributed by atoms with Gasteiger partial charge in [0.05, 0.1) is 26.5 Å². The molecule has 164 valence electrons. The van der Waals surface area contributed by atoms with Crippen molar-refractivity contribution >= 4 is 29.7 Å². The molecule has 2 aromatic rings. The maximum Gasteiger partial charge on any atom is 0.238 e. The molecule has 1 fully saturated rings. The van der Waals surface area contributed by atoms with Gasteiger partial charge >= 0.3 is 0 Å². The van der Waals surface area contributed by atoms with Crippen molar-refractivity contribution in [3.63, 3.8) is 0 Å². The SMILES string of the molecule is Cc1ccc(S(=O)(=O)[C@@H]2CS(=O)(=O)C[C@H]2NCCc2ccc(S(N)(=O)=O)cc2)cc1. The molecule has 1 aliphatic rings. The summed E-state index contributed by atoms with van der Waals surface area (Å²) >= 11 is 0. The molecule has 8 nitrogen and oxygen atoms in total. The average Bonchev–Trinajstić information content (AvgIpc) is 2.97. The number of benzene rings is 2. The minimum absolute atomic E-state index is 0.00495. The lowest BCUT2D eigenvalue weighted by Gasteiger charge is -2.20. The van der Waals surface area contributed by atoms with Crippen molar-refractivity contribution in [2.45, 2.75) is 34.4 Å². The lowest BCUT2D eigenvalue weighted by Crippen LogP contribution is -2.44. The molecule has 3 N–H and O–H groups in total. The van der Waals surface area contributed by atoms with Crippen LogP contribution in [0.25, 0.3) is 0 Å². The number of rotatable bonds is 7. The van der Waals surface area contributed by atoms with Crippen LogP contribution in [0.5, 0.6) is 0 Å². The van der Waals surface area contributed by atoms with Crippen molar-refractivity contribution in [2.24, 2.45) is 5.14 Å². The fourth-order valence-electron chi connectivity index (χ4n) is 3.46. The molecule has 0 radical (unpaired) electrons. The fraction of sp³-hybridized carbons (Fsp3) is 0.368. The van der Waals surface area contributed by atoms with Crippen LogP contribution < -0.4 is 10.5 Å². The number of hydrogen-bond donors (Lipinski definition) is 2. The standard InChI is InChI=1S/C19H24N2O6S3/c1-14-2-6-16(7-3-14)29(24,25)19-13-28(22,23)12-18(19)21-11-10-15-4-8-17(9-5-15)30(20,26)27/h2-9,18-19,21H,10-13H2,1H3,(H2,20,26,27)/t18-,19-/m1/s1. The monoisotopic (exact) mass is 472 g/mol. The van der Waals surface area contributed by atoms with Crippen LogP contribution in [0.3, 0.4) is 0 Å². The summed E-state index contributed by atoms with van der Waals surface area (Å²) in [4.78, 5) is 0.117. The average molecular weight is 473 g/mol. The summed E-state index contributed by atoms with van der Waals surface area (Å²) in [6, 6.07) is 11.7. The Morgan fingerprint density at radius 1 is 0.933 bits per heavy atom. The third-order valence-corrected chi connectivity index (χ3v) is 10.2. The van der Waals surface area contributed by atoms with Gasteiger partial charge in [-0.1, -0.05) is 29.8 Å². The molecule has 0 spiro atoms. The van der Waals surface area contributed by atoms with Gasteiger partial charge in [-0.3, -0.25) is 0 Å². The lowest BCUT2D eigenvalue weighted by molar-refractivity contribution is 0.528. The zero-order chi connectivity index (χ0) is 22.2. The first-order chi connectivity index (χ1) is 13.9. The van der Waals surface area contributed by atoms with E-state index in [1.54, 1.807) is 24.3 Å². The zero-order valence-corrected chi connectivity index (χ0v) is 18.8. The first kappa shape index (κ1) is 22.9. The molecule has 2 atom stereocenters. The number of hydrogen-bond acceptors (Lipinski definition) is 7. The van der Waals surface area contributed by atoms with Crippen LogP contribution >= 0.6 is 0 Å². The summed E-state index contributed by atoms with van der Waals surface area (Å²) in [5.74, 6) is -0.656. The zero-order valence-electron chi connectivity index (χ0n) is 16.4. The van der Waals surface area contributed by atoms with Gasteiger partial charge in [0, 0.05) is 6.04 Å². The topological polar surface area (TPSA) is 140 Å². The normalized spacial score (nSPS) is 21.5. The quantitative estimate of drug-likeness (QED) is 0.595. The summed E-state index contributed by atoms with van der Waals surface area (Å²) < 4.78 is 73.0. The Labute approximate surface area is 177 Å². The number of nitrogens with one attached hydrogen (secondary N) is 1. The molecule has 0 saturated carbocycles. The van der Waals surface area contributed by atoms with Crippen LogP contribution in [0.1, 0.15) is 11.1 Å². The van der Waals surface area contributed by atoms with E-state index in [2.05, 4.69) is 5.32 Å². The molecule has 1 aliphatic heterocycles. The molecule has 0 amide bonds. The van der Waals surface area contributed by atoms with Crippen molar-refractivity contribution in [1.82, 2.24) is 5.32 Å². The van der Waals surface area contributed by atoms with Gasteiger partial charge in [0.2, 0.25) is 10.0 Å². The minimum atomic E-state index is -3.81. The second kappa shape index (κ2) is 8.39. The van der Waals surface area contributed by atoms with Crippen LogP contribution in [0.15, 0.2) is 58.3 Å². The Kier molecular flexibility index (Phi) is 6.40. The van der Waals surface area contributed by atoms with E-state index in [4.69, 9.17) is 5.14 Å². The molecule has 0 unspecified atom stereocenters. The third-order valence-electron chi connectivity index (χ3n) is 5.12. The second-order valence-corrected chi connectivity index (χ2v) is 13.4. The van der Waals surface area contributed by atoms with Crippen molar-refractivity contribution < 1.29 is 25.3 Å². The van der Waals surface area contributed by atoms with Gasteiger partial charge in [-0.15, -0.1) is 0 Å². The second-order valence-electron chi connectivity index (χ2n) is 7.47. The van der Waals surface area contributed by atoms with Gasteiger partial charge in [0.15, 0.2) is 19.7 Å². The van der Waals surface area contributed by atoms with Gasteiger partial charge in [0.25, 0.3) is 0 Å². The van der Waals surface area contributed by atoms with Gasteiger partial charge in [-0.25, -0.2) is 30.4 Å². The number of primary sulfonamides is 1. The smallest absolute Gasteiger partial charge is 0.238 e. The number of sulfonamides is 1. The van der Waals surface area contributed by atoms with E-state index in [0.717, 1.165) is 11.1 Å². The lowest BCUT2D eigenvalue weighted by atomic mass is 10.1. The summed E-state index contributed by atoms with van der Waals surface area (Å²) in [5, 5.41) is 7.08. The maximum atomic E-state index is 13.0. The van der Waals surface area contributed by atoms with Gasteiger partial charge in [-0.05, 0) is 49.7 Å². The van der Waals surface area contributed by atoms with Crippen molar-refractivity contribution in [3.8, 4) is 0 Å². The van der Waals surface area contributed by atoms with E-state index in [1.807, 2.05) is 6.92 Å². The molecule has 1 heterocycles. The predicted molar refractivity (Wildman–Crippen MR) is 114 cm³/mol. The Hall–Kier alpha value is -1.79. The first-order valence-corrected chi connectivity index (χ1v) is 14.2. The summed E-state index contributed by atoms with van der Waals surface area (Å²) in [5.41, 5.74) is 1.73. The molecule has 30 heavy (non-hydrogen) atoms. The molecule has 2 aromatic carbocycles. The Bertz CT molecular complexity index is 1220. The molecule has 0 bridgehead atoms. The van der Waals surface area contributed by atoms with E-state index in [0.29, 0.717) is 13.0 Å². The Balaban J connectivity index is 1.71. The van der Waals surface area contributed by atoms with E-state index in [-0.39, 0.29) is 15.5 Å². The van der Waals surface area contributed by atoms with Crippen LogP contribution in [0.4, 0.5) is 0 Å². The molecule has 3 rings (SSSR count). The van der Waals surface area contributed by atoms with E-state index >= 15 is 0 Å². The van der Waals surface area contributed by atoms with Crippen LogP contribution in [0.2, 0.25) is 0 Å². The summed E-state index contributed by atoms with van der Waals surface area (Å²) in [7, 11) is -11.1. The first-order valence-electron chi connectivity index (χ1n) is 9.25. The number of sulfone groups is 2. The Morgan fingerprint density at radius 3 is 2.07 bits per heavy atom. The fourth-order valence-corrected chi connectivity index (χ4v) is 8.69. The highest BCUT2D eigenvalue weighted by Crippen LogP contribution is 2.26.